The maximum atomic E-state index is 12.5. The Labute approximate surface area is 134 Å². The molecule has 0 N–H and O–H groups in total. The molecule has 2 aliphatic rings. The second-order valence-corrected chi connectivity index (χ2v) is 6.76. The first-order valence-electron chi connectivity index (χ1n) is 7.81. The first-order chi connectivity index (χ1) is 10.6. The van der Waals surface area contributed by atoms with Crippen LogP contribution in [0.5, 0.6) is 0 Å². The number of nitrogens with zero attached hydrogens (tertiary/aromatic N) is 3. The van der Waals surface area contributed by atoms with Gasteiger partial charge in [0, 0.05) is 19.6 Å². The van der Waals surface area contributed by atoms with Crippen molar-refractivity contribution >= 4 is 28.5 Å². The number of hydrogen-bond donors (Lipinski definition) is 0. The van der Waals surface area contributed by atoms with Gasteiger partial charge in [0.05, 0.1) is 12.3 Å². The van der Waals surface area contributed by atoms with E-state index in [1.54, 1.807) is 18.7 Å². The van der Waals surface area contributed by atoms with E-state index in [1.807, 2.05) is 4.90 Å². The number of anilines is 1. The number of carbonyl (C=O) groups is 2. The zero-order chi connectivity index (χ0) is 15.7. The summed E-state index contributed by atoms with van der Waals surface area (Å²) in [6.45, 7) is 6.09. The molecule has 0 radical (unpaired) electrons. The summed E-state index contributed by atoms with van der Waals surface area (Å²) in [7, 11) is 0. The van der Waals surface area contributed by atoms with Crippen molar-refractivity contribution < 1.29 is 14.3 Å². The van der Waals surface area contributed by atoms with E-state index in [-0.39, 0.29) is 12.0 Å². The molecule has 1 aromatic rings. The first kappa shape index (κ1) is 15.3. The number of ether oxygens (including phenoxy) is 1. The number of thiazole rings is 1. The van der Waals surface area contributed by atoms with Gasteiger partial charge in [0.25, 0.3) is 0 Å². The van der Waals surface area contributed by atoms with Crippen LogP contribution >= 0.6 is 11.3 Å². The van der Waals surface area contributed by atoms with Crippen molar-refractivity contribution in [3.63, 3.8) is 0 Å². The van der Waals surface area contributed by atoms with Crippen LogP contribution in [0.4, 0.5) is 9.93 Å². The molecule has 1 saturated heterocycles. The number of hydrogen-bond acceptors (Lipinski definition) is 5. The van der Waals surface area contributed by atoms with E-state index in [0.29, 0.717) is 28.9 Å². The van der Waals surface area contributed by atoms with Crippen LogP contribution in [-0.4, -0.2) is 48.1 Å². The molecule has 2 heterocycles. The van der Waals surface area contributed by atoms with Crippen LogP contribution in [0.25, 0.3) is 0 Å². The highest BCUT2D eigenvalue weighted by molar-refractivity contribution is 7.17. The molecule has 0 bridgehead atoms. The number of amides is 2. The molecule has 0 atom stereocenters. The van der Waals surface area contributed by atoms with E-state index < -0.39 is 0 Å². The van der Waals surface area contributed by atoms with Gasteiger partial charge >= 0.3 is 12.0 Å². The molecule has 1 aliphatic heterocycles. The lowest BCUT2D eigenvalue weighted by Crippen LogP contribution is -2.32. The summed E-state index contributed by atoms with van der Waals surface area (Å²) >= 11 is 1.24. The normalized spacial score (nSPS) is 18.2. The average molecular weight is 323 g/mol. The van der Waals surface area contributed by atoms with Gasteiger partial charge in [0.2, 0.25) is 0 Å². The van der Waals surface area contributed by atoms with Crippen molar-refractivity contribution in [3.8, 4) is 0 Å². The van der Waals surface area contributed by atoms with Crippen LogP contribution < -0.4 is 4.90 Å². The molecular formula is C15H21N3O3S. The molecule has 0 unspecified atom stereocenters. The SMILES string of the molecule is CCOC(=O)c1sc(N2CCN(CCC3CC3)C2=O)nc1C. The van der Waals surface area contributed by atoms with Crippen LogP contribution in [0.1, 0.15) is 41.6 Å². The van der Waals surface area contributed by atoms with Gasteiger partial charge in [-0.3, -0.25) is 4.90 Å². The quantitative estimate of drug-likeness (QED) is 0.755. The molecule has 0 spiro atoms. The number of rotatable bonds is 6. The van der Waals surface area contributed by atoms with E-state index in [0.717, 1.165) is 25.4 Å². The second-order valence-electron chi connectivity index (χ2n) is 5.78. The third-order valence-electron chi connectivity index (χ3n) is 4.08. The van der Waals surface area contributed by atoms with Gasteiger partial charge in [-0.05, 0) is 26.2 Å². The maximum absolute atomic E-state index is 12.5. The number of esters is 1. The zero-order valence-corrected chi connectivity index (χ0v) is 13.8. The molecule has 1 aromatic heterocycles. The Balaban J connectivity index is 1.67. The van der Waals surface area contributed by atoms with Gasteiger partial charge in [-0.2, -0.15) is 0 Å². The lowest BCUT2D eigenvalue weighted by molar-refractivity contribution is 0.0531. The summed E-state index contributed by atoms with van der Waals surface area (Å²) in [5.41, 5.74) is 0.627. The fourth-order valence-corrected chi connectivity index (χ4v) is 3.58. The Bertz CT molecular complexity index is 583. The molecule has 1 saturated carbocycles. The van der Waals surface area contributed by atoms with E-state index in [2.05, 4.69) is 4.98 Å². The van der Waals surface area contributed by atoms with Gasteiger partial charge in [-0.25, -0.2) is 14.6 Å². The van der Waals surface area contributed by atoms with E-state index >= 15 is 0 Å². The minimum Gasteiger partial charge on any atom is -0.462 e. The largest absolute Gasteiger partial charge is 0.462 e. The fourth-order valence-electron chi connectivity index (χ4n) is 2.60. The number of aryl methyl sites for hydroxylation is 1. The Morgan fingerprint density at radius 3 is 2.86 bits per heavy atom. The van der Waals surface area contributed by atoms with Crippen molar-refractivity contribution in [3.05, 3.63) is 10.6 Å². The van der Waals surface area contributed by atoms with Crippen LogP contribution in [0.2, 0.25) is 0 Å². The Hall–Kier alpha value is -1.63. The van der Waals surface area contributed by atoms with Crippen LogP contribution in [0.15, 0.2) is 0 Å². The van der Waals surface area contributed by atoms with Crippen LogP contribution in [-0.2, 0) is 4.74 Å². The third-order valence-corrected chi connectivity index (χ3v) is 5.24. The Morgan fingerprint density at radius 1 is 1.41 bits per heavy atom. The lowest BCUT2D eigenvalue weighted by atomic mass is 10.3. The third kappa shape index (κ3) is 3.09. The predicted molar refractivity (Wildman–Crippen MR) is 84.5 cm³/mol. The molecule has 2 amide bonds. The summed E-state index contributed by atoms with van der Waals surface area (Å²) in [6.07, 6.45) is 3.71. The van der Waals surface area contributed by atoms with Gasteiger partial charge < -0.3 is 9.64 Å². The highest BCUT2D eigenvalue weighted by atomic mass is 32.1. The molecule has 0 aromatic carbocycles. The second kappa shape index (κ2) is 6.24. The number of carbonyl (C=O) groups excluding carboxylic acids is 2. The molecule has 120 valence electrons. The van der Waals surface area contributed by atoms with E-state index in [9.17, 15) is 9.59 Å². The minimum atomic E-state index is -0.360. The van der Waals surface area contributed by atoms with Crippen molar-refractivity contribution in [1.82, 2.24) is 9.88 Å². The van der Waals surface area contributed by atoms with Crippen molar-refractivity contribution in [2.75, 3.05) is 31.1 Å². The predicted octanol–water partition coefficient (Wildman–Crippen LogP) is 2.67. The minimum absolute atomic E-state index is 0.00445. The fraction of sp³-hybridized carbons (Fsp3) is 0.667. The summed E-state index contributed by atoms with van der Waals surface area (Å²) in [5.74, 6) is 0.459. The highest BCUT2D eigenvalue weighted by Gasteiger charge is 2.33. The Morgan fingerprint density at radius 2 is 2.18 bits per heavy atom. The van der Waals surface area contributed by atoms with Crippen LogP contribution in [0.3, 0.4) is 0 Å². The summed E-state index contributed by atoms with van der Waals surface area (Å²) in [6, 6.07) is 0.00445. The van der Waals surface area contributed by atoms with Gasteiger partial charge in [0.1, 0.15) is 4.88 Å². The van der Waals surface area contributed by atoms with Crippen LogP contribution in [0, 0.1) is 12.8 Å². The van der Waals surface area contributed by atoms with Crippen molar-refractivity contribution in [2.45, 2.75) is 33.1 Å². The van der Waals surface area contributed by atoms with Gasteiger partial charge in [-0.1, -0.05) is 24.2 Å². The number of aromatic nitrogens is 1. The number of urea groups is 1. The molecule has 6 nitrogen and oxygen atoms in total. The average Bonchev–Trinajstić information content (AvgIpc) is 3.13. The molecule has 3 rings (SSSR count). The van der Waals surface area contributed by atoms with E-state index in [4.69, 9.17) is 4.74 Å². The molecule has 1 aliphatic carbocycles. The smallest absolute Gasteiger partial charge is 0.350 e. The highest BCUT2D eigenvalue weighted by Crippen LogP contribution is 2.33. The summed E-state index contributed by atoms with van der Waals surface area (Å²) in [5, 5.41) is 0.597. The summed E-state index contributed by atoms with van der Waals surface area (Å²) < 4.78 is 5.02. The molecule has 7 heteroatoms. The molecule has 22 heavy (non-hydrogen) atoms. The molecular weight excluding hydrogens is 302 g/mol. The summed E-state index contributed by atoms with van der Waals surface area (Å²) in [4.78, 5) is 32.7. The topological polar surface area (TPSA) is 62.7 Å². The maximum Gasteiger partial charge on any atom is 0.350 e. The molecule has 2 fully saturated rings. The van der Waals surface area contributed by atoms with Gasteiger partial charge in [-0.15, -0.1) is 0 Å². The zero-order valence-electron chi connectivity index (χ0n) is 13.0. The van der Waals surface area contributed by atoms with E-state index in [1.165, 1.54) is 24.2 Å². The first-order valence-corrected chi connectivity index (χ1v) is 8.62. The van der Waals surface area contributed by atoms with Gasteiger partial charge in [0.15, 0.2) is 5.13 Å². The van der Waals surface area contributed by atoms with Crippen molar-refractivity contribution in [2.24, 2.45) is 5.92 Å². The van der Waals surface area contributed by atoms with Crippen molar-refractivity contribution in [1.29, 1.82) is 0 Å². The monoisotopic (exact) mass is 323 g/mol. The lowest BCUT2D eigenvalue weighted by Gasteiger charge is -2.16. The Kier molecular flexibility index (Phi) is 4.33. The standard InChI is InChI=1S/C15H21N3O3S/c1-3-21-13(19)12-10(2)16-14(22-12)18-9-8-17(15(18)20)7-6-11-4-5-11/h11H,3-9H2,1-2H3.